The lowest BCUT2D eigenvalue weighted by atomic mass is 10.1. The number of aryl methyl sites for hydroxylation is 1. The number of anilines is 3. The number of pyridine rings is 1. The highest BCUT2D eigenvalue weighted by atomic mass is 16.2. The maximum Gasteiger partial charge on any atom is 0.320 e. The number of aromatic nitrogens is 1. The van der Waals surface area contributed by atoms with E-state index in [1.54, 1.807) is 6.20 Å². The molecule has 1 aromatic heterocycles. The number of carbonyl (C=O) groups is 2. The molecule has 0 saturated carbocycles. The Morgan fingerprint density at radius 1 is 1.00 bits per heavy atom. The Labute approximate surface area is 169 Å². The minimum Gasteiger partial charge on any atom is -0.381 e. The molecular weight excluding hydrogens is 366 g/mol. The Kier molecular flexibility index (Phi) is 6.29. The van der Waals surface area contributed by atoms with Gasteiger partial charge in [-0.25, -0.2) is 9.78 Å². The molecule has 0 aliphatic heterocycles. The van der Waals surface area contributed by atoms with Crippen molar-refractivity contribution in [3.63, 3.8) is 0 Å². The highest BCUT2D eigenvalue weighted by molar-refractivity contribution is 5.94. The Balaban J connectivity index is 1.73. The Bertz CT molecular complexity index is 1030. The van der Waals surface area contributed by atoms with Gasteiger partial charge in [0.05, 0.1) is 0 Å². The lowest BCUT2D eigenvalue weighted by molar-refractivity contribution is -0.114. The maximum atomic E-state index is 11.7. The molecule has 0 bridgehead atoms. The molecule has 1 heterocycles. The molecule has 0 fully saturated rings. The predicted octanol–water partition coefficient (Wildman–Crippen LogP) is 4.26. The summed E-state index contributed by atoms with van der Waals surface area (Å²) in [5.74, 6) is 0.423. The van der Waals surface area contributed by atoms with Crippen LogP contribution in [0.3, 0.4) is 0 Å². The first-order chi connectivity index (χ1) is 13.9. The third kappa shape index (κ3) is 5.44. The number of nitrogens with one attached hydrogen (secondary N) is 4. The van der Waals surface area contributed by atoms with E-state index in [1.807, 2.05) is 50.2 Å². The molecule has 29 heavy (non-hydrogen) atoms. The second-order valence-electron chi connectivity index (χ2n) is 6.80. The fourth-order valence-corrected chi connectivity index (χ4v) is 3.04. The molecular formula is C22H25N5O2. The van der Waals surface area contributed by atoms with Crippen molar-refractivity contribution in [3.05, 3.63) is 59.8 Å². The van der Waals surface area contributed by atoms with Gasteiger partial charge in [0.1, 0.15) is 5.82 Å². The van der Waals surface area contributed by atoms with Crippen molar-refractivity contribution in [2.24, 2.45) is 0 Å². The van der Waals surface area contributed by atoms with Crippen molar-refractivity contribution in [2.75, 3.05) is 22.5 Å². The van der Waals surface area contributed by atoms with Crippen molar-refractivity contribution in [3.8, 4) is 0 Å². The Morgan fingerprint density at radius 2 is 1.76 bits per heavy atom. The van der Waals surface area contributed by atoms with E-state index in [9.17, 15) is 9.59 Å². The zero-order valence-corrected chi connectivity index (χ0v) is 16.8. The van der Waals surface area contributed by atoms with Crippen LogP contribution in [-0.4, -0.2) is 23.5 Å². The third-order valence-corrected chi connectivity index (χ3v) is 4.39. The van der Waals surface area contributed by atoms with E-state index < -0.39 is 0 Å². The molecule has 150 valence electrons. The smallest absolute Gasteiger partial charge is 0.320 e. The molecule has 0 spiro atoms. The quantitative estimate of drug-likeness (QED) is 0.505. The molecule has 0 radical (unpaired) electrons. The molecule has 2 aromatic carbocycles. The molecule has 0 saturated heterocycles. The van der Waals surface area contributed by atoms with Crippen LogP contribution in [0.15, 0.2) is 48.7 Å². The summed E-state index contributed by atoms with van der Waals surface area (Å²) in [7, 11) is 0. The minimum absolute atomic E-state index is 0.0851. The Morgan fingerprint density at radius 3 is 2.45 bits per heavy atom. The number of hydrogen-bond acceptors (Lipinski definition) is 4. The molecule has 3 amide bonds. The van der Waals surface area contributed by atoms with Crippen molar-refractivity contribution >= 4 is 39.9 Å². The lowest BCUT2D eigenvalue weighted by Gasteiger charge is -2.12. The Hall–Kier alpha value is -3.61. The van der Waals surface area contributed by atoms with Gasteiger partial charge >= 0.3 is 6.03 Å². The number of nitrogens with zero attached hydrogens (tertiary/aromatic N) is 1. The normalized spacial score (nSPS) is 10.4. The van der Waals surface area contributed by atoms with Crippen molar-refractivity contribution in [2.45, 2.75) is 27.3 Å². The van der Waals surface area contributed by atoms with E-state index in [1.165, 1.54) is 6.92 Å². The summed E-state index contributed by atoms with van der Waals surface area (Å²) in [5, 5.41) is 13.7. The fraction of sp³-hybridized carbons (Fsp3) is 0.227. The van der Waals surface area contributed by atoms with Crippen LogP contribution in [0.2, 0.25) is 0 Å². The van der Waals surface area contributed by atoms with Crippen molar-refractivity contribution in [1.82, 2.24) is 10.3 Å². The highest BCUT2D eigenvalue weighted by Crippen LogP contribution is 2.25. The van der Waals surface area contributed by atoms with Gasteiger partial charge in [-0.3, -0.25) is 10.1 Å². The molecule has 7 heteroatoms. The number of amides is 3. The summed E-state index contributed by atoms with van der Waals surface area (Å²) < 4.78 is 0. The van der Waals surface area contributed by atoms with E-state index in [4.69, 9.17) is 0 Å². The molecule has 3 rings (SSSR count). The number of fused-ring (bicyclic) bond motifs is 1. The summed E-state index contributed by atoms with van der Waals surface area (Å²) in [5.41, 5.74) is 3.96. The number of urea groups is 1. The summed E-state index contributed by atoms with van der Waals surface area (Å²) in [6.45, 7) is 6.60. The molecule has 0 unspecified atom stereocenters. The second-order valence-corrected chi connectivity index (χ2v) is 6.80. The predicted molar refractivity (Wildman–Crippen MR) is 117 cm³/mol. The fourth-order valence-electron chi connectivity index (χ4n) is 3.04. The monoisotopic (exact) mass is 391 g/mol. The number of rotatable bonds is 6. The third-order valence-electron chi connectivity index (χ3n) is 4.39. The summed E-state index contributed by atoms with van der Waals surface area (Å²) in [6, 6.07) is 13.4. The molecule has 0 atom stereocenters. The van der Waals surface area contributed by atoms with E-state index >= 15 is 0 Å². The van der Waals surface area contributed by atoms with Gasteiger partial charge in [-0.05, 0) is 60.7 Å². The topological polar surface area (TPSA) is 95.1 Å². The van der Waals surface area contributed by atoms with Gasteiger partial charge < -0.3 is 16.0 Å². The van der Waals surface area contributed by atoms with Crippen molar-refractivity contribution < 1.29 is 9.59 Å². The first-order valence-corrected chi connectivity index (χ1v) is 9.50. The van der Waals surface area contributed by atoms with E-state index in [2.05, 4.69) is 32.3 Å². The number of hydrogen-bond donors (Lipinski definition) is 4. The van der Waals surface area contributed by atoms with Crippen LogP contribution < -0.4 is 21.3 Å². The zero-order valence-electron chi connectivity index (χ0n) is 16.8. The molecule has 0 aliphatic carbocycles. The minimum atomic E-state index is -0.270. The van der Waals surface area contributed by atoms with Crippen LogP contribution in [0, 0.1) is 6.92 Å². The van der Waals surface area contributed by atoms with Crippen LogP contribution in [0.5, 0.6) is 0 Å². The molecule has 7 nitrogen and oxygen atoms in total. The number of carbonyl (C=O) groups excluding carboxylic acids is 2. The van der Waals surface area contributed by atoms with E-state index in [-0.39, 0.29) is 11.9 Å². The highest BCUT2D eigenvalue weighted by Gasteiger charge is 2.06. The molecule has 4 N–H and O–H groups in total. The van der Waals surface area contributed by atoms with Crippen LogP contribution in [0.25, 0.3) is 10.8 Å². The SMILES string of the molecule is CCNC(=O)Nc1cc2cc(NCc3ccc(NC(C)=O)cc3)cc(C)c2cn1. The first kappa shape index (κ1) is 20.1. The average Bonchev–Trinajstić information content (AvgIpc) is 2.67. The first-order valence-electron chi connectivity index (χ1n) is 9.50. The van der Waals surface area contributed by atoms with Gasteiger partial charge in [-0.15, -0.1) is 0 Å². The van der Waals surface area contributed by atoms with Gasteiger partial charge in [0.15, 0.2) is 0 Å². The van der Waals surface area contributed by atoms with Gasteiger partial charge in [0, 0.05) is 43.0 Å². The van der Waals surface area contributed by atoms with Gasteiger partial charge in [0.25, 0.3) is 0 Å². The largest absolute Gasteiger partial charge is 0.381 e. The summed E-state index contributed by atoms with van der Waals surface area (Å²) in [6.07, 6.45) is 1.77. The van der Waals surface area contributed by atoms with E-state index in [0.717, 1.165) is 33.3 Å². The van der Waals surface area contributed by atoms with Gasteiger partial charge in [-0.2, -0.15) is 0 Å². The number of benzene rings is 2. The summed E-state index contributed by atoms with van der Waals surface area (Å²) in [4.78, 5) is 27.2. The van der Waals surface area contributed by atoms with E-state index in [0.29, 0.717) is 18.9 Å². The second kappa shape index (κ2) is 9.05. The molecule has 3 aromatic rings. The van der Waals surface area contributed by atoms with Gasteiger partial charge in [0.2, 0.25) is 5.91 Å². The standard InChI is InChI=1S/C22H25N5O2/c1-4-23-22(29)27-21-11-17-10-19(9-14(2)20(17)13-25-21)24-12-16-5-7-18(8-6-16)26-15(3)28/h5-11,13,24H,4,12H2,1-3H3,(H,26,28)(H2,23,25,27,29). The average molecular weight is 391 g/mol. The zero-order chi connectivity index (χ0) is 20.8. The maximum absolute atomic E-state index is 11.7. The van der Waals surface area contributed by atoms with Crippen molar-refractivity contribution in [1.29, 1.82) is 0 Å². The van der Waals surface area contributed by atoms with Crippen LogP contribution in [0.4, 0.5) is 22.0 Å². The molecule has 0 aliphatic rings. The van der Waals surface area contributed by atoms with Crippen LogP contribution >= 0.6 is 0 Å². The summed E-state index contributed by atoms with van der Waals surface area (Å²) >= 11 is 0. The van der Waals surface area contributed by atoms with Crippen LogP contribution in [0.1, 0.15) is 25.0 Å². The van der Waals surface area contributed by atoms with Crippen LogP contribution in [-0.2, 0) is 11.3 Å². The van der Waals surface area contributed by atoms with Gasteiger partial charge in [-0.1, -0.05) is 12.1 Å². The lowest BCUT2D eigenvalue weighted by Crippen LogP contribution is -2.28.